The molecule has 0 bridgehead atoms. The third-order valence-electron chi connectivity index (χ3n) is 3.49. The number of benzene rings is 1. The van der Waals surface area contributed by atoms with Crippen molar-refractivity contribution < 1.29 is 18.9 Å². The van der Waals surface area contributed by atoms with E-state index in [-0.39, 0.29) is 23.7 Å². The van der Waals surface area contributed by atoms with E-state index >= 15 is 0 Å². The molecule has 0 fully saturated rings. The summed E-state index contributed by atoms with van der Waals surface area (Å²) >= 11 is 1.22. The quantitative estimate of drug-likeness (QED) is 0.495. The maximum Gasteiger partial charge on any atom is 0.269 e. The third-order valence-corrected chi connectivity index (χ3v) is 4.25. The van der Waals surface area contributed by atoms with Crippen molar-refractivity contribution >= 4 is 34.0 Å². The van der Waals surface area contributed by atoms with Gasteiger partial charge in [-0.1, -0.05) is 0 Å². The van der Waals surface area contributed by atoms with Gasteiger partial charge in [-0.2, -0.15) is 0 Å². The van der Waals surface area contributed by atoms with Gasteiger partial charge in [-0.25, -0.2) is 4.98 Å². The topological polar surface area (TPSA) is 127 Å². The minimum absolute atomic E-state index is 0.0871. The third kappa shape index (κ3) is 4.55. The van der Waals surface area contributed by atoms with Crippen LogP contribution in [0.4, 0.5) is 10.8 Å². The molecule has 2 aromatic heterocycles. The smallest absolute Gasteiger partial charge is 0.269 e. The van der Waals surface area contributed by atoms with Gasteiger partial charge >= 0.3 is 0 Å². The van der Waals surface area contributed by atoms with Gasteiger partial charge in [0.25, 0.3) is 11.6 Å². The molecule has 2 N–H and O–H groups in total. The molecule has 0 radical (unpaired) electrons. The molecule has 0 atom stereocenters. The molecule has 2 heterocycles. The lowest BCUT2D eigenvalue weighted by molar-refractivity contribution is -0.384. The Morgan fingerprint density at radius 2 is 1.96 bits per heavy atom. The van der Waals surface area contributed by atoms with Gasteiger partial charge in [0.1, 0.15) is 11.5 Å². The van der Waals surface area contributed by atoms with Crippen LogP contribution in [0.3, 0.4) is 0 Å². The van der Waals surface area contributed by atoms with Crippen LogP contribution < -0.4 is 10.6 Å². The molecule has 0 aliphatic carbocycles. The molecular weight excluding hydrogens is 372 g/mol. The average Bonchev–Trinajstić information content (AvgIpc) is 3.29. The fourth-order valence-electron chi connectivity index (χ4n) is 2.17. The van der Waals surface area contributed by atoms with Crippen LogP contribution in [-0.2, 0) is 11.3 Å². The van der Waals surface area contributed by atoms with Gasteiger partial charge in [0.2, 0.25) is 5.91 Å². The van der Waals surface area contributed by atoms with E-state index in [0.717, 1.165) is 0 Å². The molecule has 0 aliphatic heterocycles. The van der Waals surface area contributed by atoms with Crippen LogP contribution in [0, 0.1) is 10.1 Å². The largest absolute Gasteiger partial charge is 0.458 e. The molecule has 1 aromatic carbocycles. The number of nitro benzene ring substituents is 1. The monoisotopic (exact) mass is 386 g/mol. The van der Waals surface area contributed by atoms with E-state index in [0.29, 0.717) is 22.3 Å². The predicted molar refractivity (Wildman–Crippen MR) is 98.4 cm³/mol. The summed E-state index contributed by atoms with van der Waals surface area (Å²) in [7, 11) is 0. The number of carbonyl (C=O) groups is 2. The molecule has 138 valence electrons. The Kier molecular flexibility index (Phi) is 5.27. The number of thiazole rings is 1. The molecular formula is C17H14N4O5S. The van der Waals surface area contributed by atoms with Crippen molar-refractivity contribution in [2.75, 3.05) is 5.32 Å². The first-order valence-electron chi connectivity index (χ1n) is 7.77. The zero-order chi connectivity index (χ0) is 19.4. The van der Waals surface area contributed by atoms with E-state index in [2.05, 4.69) is 15.6 Å². The molecule has 9 nitrogen and oxygen atoms in total. The van der Waals surface area contributed by atoms with Gasteiger partial charge in [0.05, 0.1) is 11.5 Å². The minimum Gasteiger partial charge on any atom is -0.458 e. The number of nitro groups is 1. The summed E-state index contributed by atoms with van der Waals surface area (Å²) in [6, 6.07) is 8.75. The fraction of sp³-hybridized carbons (Fsp3) is 0.118. The van der Waals surface area contributed by atoms with E-state index in [4.69, 9.17) is 4.42 Å². The fourth-order valence-corrected chi connectivity index (χ4v) is 2.87. The Hall–Kier alpha value is -3.53. The van der Waals surface area contributed by atoms with Gasteiger partial charge in [0.15, 0.2) is 10.9 Å². The highest BCUT2D eigenvalue weighted by atomic mass is 32.1. The number of nitrogens with zero attached hydrogens (tertiary/aromatic N) is 2. The Morgan fingerprint density at radius 1 is 1.22 bits per heavy atom. The second kappa shape index (κ2) is 7.79. The van der Waals surface area contributed by atoms with Crippen molar-refractivity contribution in [2.45, 2.75) is 13.5 Å². The molecule has 0 saturated carbocycles. The molecule has 3 rings (SSSR count). The predicted octanol–water partition coefficient (Wildman–Crippen LogP) is 3.20. The number of amides is 2. The van der Waals surface area contributed by atoms with Crippen molar-refractivity contribution in [1.82, 2.24) is 10.3 Å². The molecule has 0 aliphatic rings. The van der Waals surface area contributed by atoms with Gasteiger partial charge in [-0.3, -0.25) is 25.0 Å². The number of furan rings is 1. The summed E-state index contributed by atoms with van der Waals surface area (Å²) in [5.41, 5.74) is 0.747. The van der Waals surface area contributed by atoms with Crippen LogP contribution >= 0.6 is 11.3 Å². The molecule has 2 amide bonds. The highest BCUT2D eigenvalue weighted by Gasteiger charge is 2.13. The Morgan fingerprint density at radius 3 is 2.63 bits per heavy atom. The van der Waals surface area contributed by atoms with Gasteiger partial charge < -0.3 is 9.73 Å². The summed E-state index contributed by atoms with van der Waals surface area (Å²) in [6.45, 7) is 1.70. The van der Waals surface area contributed by atoms with Gasteiger partial charge in [0, 0.05) is 30.0 Å². The van der Waals surface area contributed by atoms with Crippen LogP contribution in [0.2, 0.25) is 0 Å². The van der Waals surface area contributed by atoms with Crippen LogP contribution in [0.5, 0.6) is 0 Å². The molecule has 0 saturated heterocycles. The van der Waals surface area contributed by atoms with Crippen molar-refractivity contribution in [3.05, 3.63) is 63.2 Å². The molecule has 10 heteroatoms. The number of carbonyl (C=O) groups excluding carboxylic acids is 2. The van der Waals surface area contributed by atoms with E-state index in [1.807, 2.05) is 0 Å². The van der Waals surface area contributed by atoms with Crippen molar-refractivity contribution in [2.24, 2.45) is 0 Å². The lowest BCUT2D eigenvalue weighted by Gasteiger charge is -2.01. The number of anilines is 1. The minimum atomic E-state index is -0.529. The highest BCUT2D eigenvalue weighted by Crippen LogP contribution is 2.27. The standard InChI is InChI=1S/C17H14N4O5S/c1-10(22)18-8-13-6-7-15(26-13)14-9-27-17(19-14)20-16(23)11-2-4-12(5-3-11)21(24)25/h2-7,9H,8H2,1H3,(H,18,22)(H,19,20,23). The number of hydrogen-bond acceptors (Lipinski definition) is 7. The summed E-state index contributed by atoms with van der Waals surface area (Å²) in [5.74, 6) is 0.529. The lowest BCUT2D eigenvalue weighted by Crippen LogP contribution is -2.18. The zero-order valence-corrected chi connectivity index (χ0v) is 14.9. The second-order valence-corrected chi connectivity index (χ2v) is 6.33. The summed E-state index contributed by atoms with van der Waals surface area (Å²) < 4.78 is 5.61. The van der Waals surface area contributed by atoms with Crippen LogP contribution in [0.25, 0.3) is 11.5 Å². The van der Waals surface area contributed by atoms with Crippen molar-refractivity contribution in [3.8, 4) is 11.5 Å². The molecule has 3 aromatic rings. The number of rotatable bonds is 6. The van der Waals surface area contributed by atoms with Gasteiger partial charge in [-0.15, -0.1) is 11.3 Å². The van der Waals surface area contributed by atoms with Crippen molar-refractivity contribution in [1.29, 1.82) is 0 Å². The highest BCUT2D eigenvalue weighted by molar-refractivity contribution is 7.14. The lowest BCUT2D eigenvalue weighted by atomic mass is 10.2. The summed E-state index contributed by atoms with van der Waals surface area (Å²) in [5, 5.41) is 18.0. The number of aromatic nitrogens is 1. The second-order valence-electron chi connectivity index (χ2n) is 5.47. The zero-order valence-electron chi connectivity index (χ0n) is 14.1. The van der Waals surface area contributed by atoms with Crippen LogP contribution in [0.15, 0.2) is 46.2 Å². The normalized spacial score (nSPS) is 10.4. The number of nitrogens with one attached hydrogen (secondary N) is 2. The molecule has 0 unspecified atom stereocenters. The van der Waals surface area contributed by atoms with Gasteiger partial charge in [-0.05, 0) is 24.3 Å². The average molecular weight is 386 g/mol. The maximum atomic E-state index is 12.2. The molecule has 27 heavy (non-hydrogen) atoms. The number of hydrogen-bond donors (Lipinski definition) is 2. The van der Waals surface area contributed by atoms with E-state index in [1.54, 1.807) is 17.5 Å². The summed E-state index contributed by atoms with van der Waals surface area (Å²) in [6.07, 6.45) is 0. The van der Waals surface area contributed by atoms with E-state index < -0.39 is 10.8 Å². The Labute approximate surface area is 157 Å². The van der Waals surface area contributed by atoms with Crippen LogP contribution in [-0.4, -0.2) is 21.7 Å². The SMILES string of the molecule is CC(=O)NCc1ccc(-c2csc(NC(=O)c3ccc([N+](=O)[O-])cc3)n2)o1. The first-order chi connectivity index (χ1) is 12.9. The maximum absolute atomic E-state index is 12.2. The summed E-state index contributed by atoms with van der Waals surface area (Å²) in [4.78, 5) is 37.6. The Balaban J connectivity index is 1.66. The molecule has 0 spiro atoms. The van der Waals surface area contributed by atoms with E-state index in [9.17, 15) is 19.7 Å². The Bertz CT molecular complexity index is 993. The van der Waals surface area contributed by atoms with Crippen molar-refractivity contribution in [3.63, 3.8) is 0 Å². The van der Waals surface area contributed by atoms with E-state index in [1.165, 1.54) is 42.5 Å². The van der Waals surface area contributed by atoms with Crippen LogP contribution in [0.1, 0.15) is 23.0 Å². The first-order valence-corrected chi connectivity index (χ1v) is 8.65. The first kappa shape index (κ1) is 18.3. The number of non-ortho nitro benzene ring substituents is 1.